The topological polar surface area (TPSA) is 30.5 Å². The van der Waals surface area contributed by atoms with Crippen molar-refractivity contribution in [3.8, 4) is 0 Å². The highest BCUT2D eigenvalue weighted by atomic mass is 16.7. The van der Waals surface area contributed by atoms with Crippen LogP contribution in [0.4, 0.5) is 0 Å². The first-order chi connectivity index (χ1) is 7.36. The van der Waals surface area contributed by atoms with Gasteiger partial charge in [0.15, 0.2) is 6.29 Å². The van der Waals surface area contributed by atoms with Crippen molar-refractivity contribution in [2.45, 2.75) is 57.3 Å². The first-order valence-corrected chi connectivity index (χ1v) is 6.15. The lowest BCUT2D eigenvalue weighted by atomic mass is 9.97. The van der Waals surface area contributed by atoms with Crippen molar-refractivity contribution in [1.29, 1.82) is 0 Å². The lowest BCUT2D eigenvalue weighted by molar-refractivity contribution is -0.100. The number of hydrogen-bond donors (Lipinski definition) is 1. The summed E-state index contributed by atoms with van der Waals surface area (Å²) in [5.41, 5.74) is 0. The summed E-state index contributed by atoms with van der Waals surface area (Å²) >= 11 is 0. The zero-order valence-corrected chi connectivity index (χ0v) is 10.1. The van der Waals surface area contributed by atoms with Gasteiger partial charge in [0.05, 0.1) is 0 Å². The van der Waals surface area contributed by atoms with Gasteiger partial charge >= 0.3 is 0 Å². The second-order valence-corrected chi connectivity index (χ2v) is 4.35. The summed E-state index contributed by atoms with van der Waals surface area (Å²) in [7, 11) is 3.38. The Bertz CT molecular complexity index is 141. The maximum atomic E-state index is 5.16. The molecule has 0 amide bonds. The molecular weight excluding hydrogens is 190 g/mol. The zero-order chi connectivity index (χ0) is 10.9. The molecule has 1 N–H and O–H groups in total. The Morgan fingerprint density at radius 1 is 1.00 bits per heavy atom. The van der Waals surface area contributed by atoms with E-state index in [-0.39, 0.29) is 6.29 Å². The lowest BCUT2D eigenvalue weighted by Crippen LogP contribution is -2.37. The van der Waals surface area contributed by atoms with Gasteiger partial charge in [-0.2, -0.15) is 0 Å². The van der Waals surface area contributed by atoms with E-state index in [4.69, 9.17) is 9.47 Å². The van der Waals surface area contributed by atoms with Gasteiger partial charge in [0.25, 0.3) is 0 Å². The molecule has 0 aromatic rings. The van der Waals surface area contributed by atoms with Gasteiger partial charge in [0, 0.05) is 26.8 Å². The zero-order valence-electron chi connectivity index (χ0n) is 10.1. The second-order valence-electron chi connectivity index (χ2n) is 4.35. The minimum atomic E-state index is -0.101. The van der Waals surface area contributed by atoms with Crippen molar-refractivity contribution in [3.63, 3.8) is 0 Å². The van der Waals surface area contributed by atoms with E-state index in [9.17, 15) is 0 Å². The van der Waals surface area contributed by atoms with Gasteiger partial charge in [0.1, 0.15) is 0 Å². The Morgan fingerprint density at radius 3 is 2.07 bits per heavy atom. The van der Waals surface area contributed by atoms with Crippen LogP contribution < -0.4 is 5.32 Å². The number of rotatable bonds is 5. The van der Waals surface area contributed by atoms with E-state index in [1.807, 2.05) is 0 Å². The highest BCUT2D eigenvalue weighted by molar-refractivity contribution is 4.70. The van der Waals surface area contributed by atoms with Gasteiger partial charge in [0.2, 0.25) is 0 Å². The van der Waals surface area contributed by atoms with Crippen molar-refractivity contribution in [3.05, 3.63) is 0 Å². The van der Waals surface area contributed by atoms with Crippen LogP contribution >= 0.6 is 0 Å². The molecule has 0 spiro atoms. The number of hydrogen-bond acceptors (Lipinski definition) is 3. The second kappa shape index (κ2) is 8.08. The van der Waals surface area contributed by atoms with E-state index in [1.54, 1.807) is 14.2 Å². The maximum Gasteiger partial charge on any atom is 0.169 e. The summed E-state index contributed by atoms with van der Waals surface area (Å²) in [6.07, 6.45) is 9.46. The minimum Gasteiger partial charge on any atom is -0.355 e. The molecule has 1 saturated carbocycles. The fourth-order valence-corrected chi connectivity index (χ4v) is 2.19. The Balaban J connectivity index is 2.16. The number of ether oxygens (including phenoxy) is 2. The van der Waals surface area contributed by atoms with Crippen molar-refractivity contribution in [2.24, 2.45) is 0 Å². The Morgan fingerprint density at radius 2 is 1.53 bits per heavy atom. The molecule has 0 aromatic carbocycles. The molecule has 0 aliphatic heterocycles. The minimum absolute atomic E-state index is 0.101. The number of methoxy groups -OCH3 is 2. The summed E-state index contributed by atoms with van der Waals surface area (Å²) in [5, 5.41) is 3.54. The average Bonchev–Trinajstić information content (AvgIpc) is 2.21. The lowest BCUT2D eigenvalue weighted by Gasteiger charge is -2.23. The Labute approximate surface area is 93.5 Å². The largest absolute Gasteiger partial charge is 0.355 e. The highest BCUT2D eigenvalue weighted by Crippen LogP contribution is 2.16. The van der Waals surface area contributed by atoms with Crippen molar-refractivity contribution in [2.75, 3.05) is 20.8 Å². The Kier molecular flexibility index (Phi) is 6.98. The fourth-order valence-electron chi connectivity index (χ4n) is 2.19. The molecule has 3 heteroatoms. The molecular formula is C12H25NO2. The van der Waals surface area contributed by atoms with Crippen LogP contribution in [0.15, 0.2) is 0 Å². The van der Waals surface area contributed by atoms with Crippen LogP contribution in [0, 0.1) is 0 Å². The van der Waals surface area contributed by atoms with Crippen molar-refractivity contribution in [1.82, 2.24) is 5.32 Å². The predicted octanol–water partition coefficient (Wildman–Crippen LogP) is 2.31. The molecule has 3 nitrogen and oxygen atoms in total. The normalized spacial score (nSPS) is 20.2. The summed E-state index contributed by atoms with van der Waals surface area (Å²) in [6, 6.07) is 0.665. The summed E-state index contributed by atoms with van der Waals surface area (Å²) in [5.74, 6) is 0. The SMILES string of the molecule is COC(CNC1CCCCCCC1)OC. The van der Waals surface area contributed by atoms with Crippen LogP contribution in [-0.4, -0.2) is 33.1 Å². The van der Waals surface area contributed by atoms with Crippen LogP contribution in [-0.2, 0) is 9.47 Å². The predicted molar refractivity (Wildman–Crippen MR) is 61.9 cm³/mol. The van der Waals surface area contributed by atoms with Gasteiger partial charge in [-0.15, -0.1) is 0 Å². The summed E-state index contributed by atoms with van der Waals surface area (Å²) in [6.45, 7) is 0.803. The van der Waals surface area contributed by atoms with E-state index in [2.05, 4.69) is 5.32 Å². The third kappa shape index (κ3) is 5.50. The van der Waals surface area contributed by atoms with Crippen molar-refractivity contribution >= 4 is 0 Å². The molecule has 1 fully saturated rings. The monoisotopic (exact) mass is 215 g/mol. The van der Waals surface area contributed by atoms with E-state index >= 15 is 0 Å². The number of nitrogens with one attached hydrogen (secondary N) is 1. The van der Waals surface area contributed by atoms with Crippen LogP contribution in [0.3, 0.4) is 0 Å². The molecule has 1 aliphatic carbocycles. The van der Waals surface area contributed by atoms with E-state index in [1.165, 1.54) is 44.9 Å². The molecule has 0 radical (unpaired) electrons. The molecule has 0 unspecified atom stereocenters. The summed E-state index contributed by atoms with van der Waals surface area (Å²) < 4.78 is 10.3. The third-order valence-electron chi connectivity index (χ3n) is 3.20. The maximum absolute atomic E-state index is 5.16. The first kappa shape index (κ1) is 12.9. The standard InChI is InChI=1S/C12H25NO2/c1-14-12(15-2)10-13-11-8-6-4-3-5-7-9-11/h11-13H,3-10H2,1-2H3. The quantitative estimate of drug-likeness (QED) is 0.714. The molecule has 0 aromatic heterocycles. The fraction of sp³-hybridized carbons (Fsp3) is 1.00. The molecule has 1 rings (SSSR count). The van der Waals surface area contributed by atoms with Crippen LogP contribution in [0.2, 0.25) is 0 Å². The molecule has 90 valence electrons. The van der Waals surface area contributed by atoms with Gasteiger partial charge in [-0.25, -0.2) is 0 Å². The average molecular weight is 215 g/mol. The molecule has 0 bridgehead atoms. The molecule has 0 saturated heterocycles. The molecule has 1 aliphatic rings. The van der Waals surface area contributed by atoms with Crippen molar-refractivity contribution < 1.29 is 9.47 Å². The summed E-state index contributed by atoms with van der Waals surface area (Å²) in [4.78, 5) is 0. The smallest absolute Gasteiger partial charge is 0.169 e. The van der Waals surface area contributed by atoms with Crippen LogP contribution in [0.25, 0.3) is 0 Å². The molecule has 15 heavy (non-hydrogen) atoms. The Hall–Kier alpha value is -0.120. The van der Waals surface area contributed by atoms with Gasteiger partial charge in [-0.3, -0.25) is 0 Å². The van der Waals surface area contributed by atoms with Gasteiger partial charge in [-0.1, -0.05) is 32.1 Å². The van der Waals surface area contributed by atoms with Crippen LogP contribution in [0.1, 0.15) is 44.9 Å². The van der Waals surface area contributed by atoms with Gasteiger partial charge in [-0.05, 0) is 12.8 Å². The highest BCUT2D eigenvalue weighted by Gasteiger charge is 2.12. The third-order valence-corrected chi connectivity index (χ3v) is 3.20. The van der Waals surface area contributed by atoms with E-state index in [0.717, 1.165) is 6.54 Å². The van der Waals surface area contributed by atoms with E-state index < -0.39 is 0 Å². The molecule has 0 atom stereocenters. The molecule has 0 heterocycles. The van der Waals surface area contributed by atoms with E-state index in [0.29, 0.717) is 6.04 Å². The van der Waals surface area contributed by atoms with Gasteiger partial charge < -0.3 is 14.8 Å². The van der Waals surface area contributed by atoms with Crippen LogP contribution in [0.5, 0.6) is 0 Å². The first-order valence-electron chi connectivity index (χ1n) is 6.15.